The standard InChI is InChI=1S/C12H19N5O/c1-5-9(13-3)8(2)12-14-11(16-18-12)10-6-7-17(4)15-10/h6-9,13H,5H2,1-4H3. The molecule has 2 atom stereocenters. The molecule has 0 saturated carbocycles. The van der Waals surface area contributed by atoms with Gasteiger partial charge in [0, 0.05) is 19.3 Å². The molecular weight excluding hydrogens is 230 g/mol. The average Bonchev–Trinajstić information content (AvgIpc) is 2.98. The van der Waals surface area contributed by atoms with Crippen LogP contribution in [-0.2, 0) is 7.05 Å². The molecule has 2 aromatic rings. The Labute approximate surface area is 106 Å². The van der Waals surface area contributed by atoms with Crippen LogP contribution in [0.15, 0.2) is 16.8 Å². The smallest absolute Gasteiger partial charge is 0.231 e. The summed E-state index contributed by atoms with van der Waals surface area (Å²) < 4.78 is 7.04. The van der Waals surface area contributed by atoms with Crippen LogP contribution in [0, 0.1) is 0 Å². The molecule has 2 rings (SSSR count). The van der Waals surface area contributed by atoms with Gasteiger partial charge in [-0.25, -0.2) is 0 Å². The minimum atomic E-state index is 0.185. The Hall–Kier alpha value is -1.69. The lowest BCUT2D eigenvalue weighted by Gasteiger charge is -2.18. The monoisotopic (exact) mass is 249 g/mol. The molecule has 0 amide bonds. The van der Waals surface area contributed by atoms with Crippen LogP contribution in [0.3, 0.4) is 0 Å². The molecule has 2 heterocycles. The van der Waals surface area contributed by atoms with E-state index in [4.69, 9.17) is 4.52 Å². The second-order valence-electron chi connectivity index (χ2n) is 4.42. The quantitative estimate of drug-likeness (QED) is 0.871. The zero-order valence-corrected chi connectivity index (χ0v) is 11.2. The lowest BCUT2D eigenvalue weighted by molar-refractivity contribution is 0.326. The van der Waals surface area contributed by atoms with Gasteiger partial charge in [0.25, 0.3) is 0 Å². The van der Waals surface area contributed by atoms with Gasteiger partial charge in [-0.3, -0.25) is 4.68 Å². The first kappa shape index (κ1) is 12.8. The average molecular weight is 249 g/mol. The van der Waals surface area contributed by atoms with Crippen LogP contribution in [0.5, 0.6) is 0 Å². The SMILES string of the molecule is CCC(NC)C(C)c1nc(-c2ccn(C)n2)no1. The van der Waals surface area contributed by atoms with Gasteiger partial charge in [0.05, 0.1) is 5.92 Å². The number of rotatable bonds is 5. The fourth-order valence-electron chi connectivity index (χ4n) is 2.04. The summed E-state index contributed by atoms with van der Waals surface area (Å²) in [6, 6.07) is 2.20. The summed E-state index contributed by atoms with van der Waals surface area (Å²) in [5.74, 6) is 1.38. The van der Waals surface area contributed by atoms with Crippen LogP contribution in [-0.4, -0.2) is 33.0 Å². The number of hydrogen-bond donors (Lipinski definition) is 1. The van der Waals surface area contributed by atoms with Crippen molar-refractivity contribution in [2.45, 2.75) is 32.2 Å². The third-order valence-corrected chi connectivity index (χ3v) is 3.19. The maximum absolute atomic E-state index is 5.32. The summed E-state index contributed by atoms with van der Waals surface area (Å²) in [5, 5.41) is 11.5. The Morgan fingerprint density at radius 2 is 2.28 bits per heavy atom. The van der Waals surface area contributed by atoms with Gasteiger partial charge < -0.3 is 9.84 Å². The number of nitrogens with zero attached hydrogens (tertiary/aromatic N) is 4. The molecule has 0 radical (unpaired) electrons. The first-order valence-corrected chi connectivity index (χ1v) is 6.16. The van der Waals surface area contributed by atoms with Crippen molar-refractivity contribution in [3.05, 3.63) is 18.2 Å². The molecule has 6 nitrogen and oxygen atoms in total. The number of likely N-dealkylation sites (N-methyl/N-ethyl adjacent to an activating group) is 1. The highest BCUT2D eigenvalue weighted by molar-refractivity contribution is 5.46. The molecule has 0 bridgehead atoms. The van der Waals surface area contributed by atoms with Gasteiger partial charge >= 0.3 is 0 Å². The lowest BCUT2D eigenvalue weighted by Crippen LogP contribution is -2.30. The van der Waals surface area contributed by atoms with Gasteiger partial charge in [0.2, 0.25) is 11.7 Å². The summed E-state index contributed by atoms with van der Waals surface area (Å²) in [4.78, 5) is 4.42. The summed E-state index contributed by atoms with van der Waals surface area (Å²) >= 11 is 0. The molecule has 0 aliphatic carbocycles. The largest absolute Gasteiger partial charge is 0.339 e. The lowest BCUT2D eigenvalue weighted by atomic mass is 10.00. The van der Waals surface area contributed by atoms with E-state index in [1.54, 1.807) is 4.68 Å². The Kier molecular flexibility index (Phi) is 3.76. The van der Waals surface area contributed by atoms with Crippen molar-refractivity contribution in [3.63, 3.8) is 0 Å². The van der Waals surface area contributed by atoms with Gasteiger partial charge in [0.15, 0.2) is 0 Å². The van der Waals surface area contributed by atoms with Crippen molar-refractivity contribution in [1.82, 2.24) is 25.2 Å². The van der Waals surface area contributed by atoms with Gasteiger partial charge in [-0.1, -0.05) is 19.0 Å². The highest BCUT2D eigenvalue weighted by atomic mass is 16.5. The van der Waals surface area contributed by atoms with Crippen molar-refractivity contribution in [2.75, 3.05) is 7.05 Å². The number of nitrogens with one attached hydrogen (secondary N) is 1. The number of hydrogen-bond acceptors (Lipinski definition) is 5. The van der Waals surface area contributed by atoms with Crippen LogP contribution in [0.1, 0.15) is 32.1 Å². The van der Waals surface area contributed by atoms with Gasteiger partial charge in [-0.2, -0.15) is 10.1 Å². The third-order valence-electron chi connectivity index (χ3n) is 3.19. The number of aryl methyl sites for hydroxylation is 1. The molecule has 0 spiro atoms. The molecule has 1 N–H and O–H groups in total. The van der Waals surface area contributed by atoms with E-state index in [0.717, 1.165) is 12.1 Å². The first-order chi connectivity index (χ1) is 8.65. The molecule has 2 unspecified atom stereocenters. The van der Waals surface area contributed by atoms with Crippen molar-refractivity contribution >= 4 is 0 Å². The molecule has 0 aromatic carbocycles. The molecule has 98 valence electrons. The molecular formula is C12H19N5O. The van der Waals surface area contributed by atoms with E-state index in [9.17, 15) is 0 Å². The Bertz CT molecular complexity index is 500. The Morgan fingerprint density at radius 1 is 1.50 bits per heavy atom. The molecule has 0 fully saturated rings. The van der Waals surface area contributed by atoms with Crippen LogP contribution in [0.25, 0.3) is 11.5 Å². The molecule has 6 heteroatoms. The summed E-state index contributed by atoms with van der Waals surface area (Å²) in [6.07, 6.45) is 2.87. The highest BCUT2D eigenvalue weighted by Crippen LogP contribution is 2.22. The van der Waals surface area contributed by atoms with E-state index < -0.39 is 0 Å². The topological polar surface area (TPSA) is 68.8 Å². The third kappa shape index (κ3) is 2.43. The molecule has 0 saturated heterocycles. The van der Waals surface area contributed by atoms with Crippen LogP contribution < -0.4 is 5.32 Å². The van der Waals surface area contributed by atoms with E-state index in [1.165, 1.54) is 0 Å². The van der Waals surface area contributed by atoms with Crippen molar-refractivity contribution < 1.29 is 4.52 Å². The van der Waals surface area contributed by atoms with E-state index in [0.29, 0.717) is 17.8 Å². The van der Waals surface area contributed by atoms with Gasteiger partial charge in [0.1, 0.15) is 5.69 Å². The molecule has 0 aliphatic rings. The summed E-state index contributed by atoms with van der Waals surface area (Å²) in [6.45, 7) is 4.22. The number of aromatic nitrogens is 4. The fraction of sp³-hybridized carbons (Fsp3) is 0.583. The Morgan fingerprint density at radius 3 is 2.83 bits per heavy atom. The van der Waals surface area contributed by atoms with Crippen molar-refractivity contribution in [1.29, 1.82) is 0 Å². The zero-order valence-electron chi connectivity index (χ0n) is 11.2. The maximum atomic E-state index is 5.32. The first-order valence-electron chi connectivity index (χ1n) is 6.16. The van der Waals surface area contributed by atoms with Crippen LogP contribution >= 0.6 is 0 Å². The molecule has 18 heavy (non-hydrogen) atoms. The van der Waals surface area contributed by atoms with E-state index in [2.05, 4.69) is 34.4 Å². The van der Waals surface area contributed by atoms with Crippen molar-refractivity contribution in [3.8, 4) is 11.5 Å². The maximum Gasteiger partial charge on any atom is 0.231 e. The minimum Gasteiger partial charge on any atom is -0.339 e. The van der Waals surface area contributed by atoms with Crippen LogP contribution in [0.2, 0.25) is 0 Å². The fourth-order valence-corrected chi connectivity index (χ4v) is 2.04. The van der Waals surface area contributed by atoms with E-state index >= 15 is 0 Å². The predicted molar refractivity (Wildman–Crippen MR) is 68.1 cm³/mol. The Balaban J connectivity index is 2.20. The predicted octanol–water partition coefficient (Wildman–Crippen LogP) is 1.57. The molecule has 2 aromatic heterocycles. The normalized spacial score (nSPS) is 14.7. The van der Waals surface area contributed by atoms with Crippen molar-refractivity contribution in [2.24, 2.45) is 7.05 Å². The zero-order chi connectivity index (χ0) is 13.1. The van der Waals surface area contributed by atoms with E-state index in [-0.39, 0.29) is 5.92 Å². The summed E-state index contributed by atoms with van der Waals surface area (Å²) in [5.41, 5.74) is 0.734. The minimum absolute atomic E-state index is 0.185. The second kappa shape index (κ2) is 5.30. The van der Waals surface area contributed by atoms with Crippen LogP contribution in [0.4, 0.5) is 0 Å². The highest BCUT2D eigenvalue weighted by Gasteiger charge is 2.22. The van der Waals surface area contributed by atoms with Gasteiger partial charge in [-0.15, -0.1) is 0 Å². The summed E-state index contributed by atoms with van der Waals surface area (Å²) in [7, 11) is 3.81. The van der Waals surface area contributed by atoms with Gasteiger partial charge in [-0.05, 0) is 19.5 Å². The van der Waals surface area contributed by atoms with E-state index in [1.807, 2.05) is 26.4 Å². The molecule has 0 aliphatic heterocycles. The second-order valence-corrected chi connectivity index (χ2v) is 4.42.